The Hall–Kier alpha value is -2.49. The van der Waals surface area contributed by atoms with E-state index in [4.69, 9.17) is 0 Å². The van der Waals surface area contributed by atoms with Crippen molar-refractivity contribution in [1.82, 2.24) is 0 Å². The number of hydrogen-bond donors (Lipinski definition) is 1. The molecule has 0 saturated carbocycles. The standard InChI is InChI=1S/C19H20FNO2/c1-3-14-5-7-15(8-6-14)18(22)10-11-19(23)21-17-12-13(2)4-9-16(17)20/h4-9,12H,3,10-11H2,1-2H3,(H,21,23). The van der Waals surface area contributed by atoms with Crippen molar-refractivity contribution in [2.24, 2.45) is 0 Å². The molecule has 0 unspecified atom stereocenters. The van der Waals surface area contributed by atoms with E-state index in [1.807, 2.05) is 26.0 Å². The van der Waals surface area contributed by atoms with Crippen molar-refractivity contribution in [3.05, 3.63) is 65.0 Å². The van der Waals surface area contributed by atoms with Crippen LogP contribution in [0.1, 0.15) is 41.3 Å². The Morgan fingerprint density at radius 2 is 1.74 bits per heavy atom. The minimum absolute atomic E-state index is 0.0295. The molecule has 0 aliphatic rings. The summed E-state index contributed by atoms with van der Waals surface area (Å²) in [6, 6.07) is 11.9. The first kappa shape index (κ1) is 16.9. The van der Waals surface area contributed by atoms with Crippen LogP contribution in [0.25, 0.3) is 0 Å². The summed E-state index contributed by atoms with van der Waals surface area (Å²) in [5, 5.41) is 2.51. The van der Waals surface area contributed by atoms with Crippen molar-refractivity contribution in [2.75, 3.05) is 5.32 Å². The number of hydrogen-bond acceptors (Lipinski definition) is 2. The van der Waals surface area contributed by atoms with Gasteiger partial charge in [-0.05, 0) is 36.6 Å². The van der Waals surface area contributed by atoms with Crippen LogP contribution in [0.4, 0.5) is 10.1 Å². The van der Waals surface area contributed by atoms with Gasteiger partial charge < -0.3 is 5.32 Å². The zero-order chi connectivity index (χ0) is 16.8. The number of rotatable bonds is 6. The molecule has 3 nitrogen and oxygen atoms in total. The summed E-state index contributed by atoms with van der Waals surface area (Å²) < 4.78 is 13.6. The molecule has 4 heteroatoms. The molecule has 1 N–H and O–H groups in total. The lowest BCUT2D eigenvalue weighted by Crippen LogP contribution is -2.14. The molecule has 0 radical (unpaired) electrons. The number of halogens is 1. The van der Waals surface area contributed by atoms with Crippen molar-refractivity contribution in [2.45, 2.75) is 33.1 Å². The number of nitrogens with one attached hydrogen (secondary N) is 1. The first-order chi connectivity index (χ1) is 11.0. The number of carbonyl (C=O) groups is 2. The summed E-state index contributed by atoms with van der Waals surface area (Å²) in [6.45, 7) is 3.87. The van der Waals surface area contributed by atoms with Crippen molar-refractivity contribution in [1.29, 1.82) is 0 Å². The molecular weight excluding hydrogens is 293 g/mol. The number of anilines is 1. The van der Waals surface area contributed by atoms with Crippen LogP contribution >= 0.6 is 0 Å². The van der Waals surface area contributed by atoms with Gasteiger partial charge in [0.15, 0.2) is 5.78 Å². The molecule has 2 rings (SSSR count). The molecule has 0 fully saturated rings. The maximum absolute atomic E-state index is 13.6. The molecule has 0 bridgehead atoms. The topological polar surface area (TPSA) is 46.2 Å². The number of aryl methyl sites for hydroxylation is 2. The van der Waals surface area contributed by atoms with Crippen LogP contribution in [-0.4, -0.2) is 11.7 Å². The van der Waals surface area contributed by atoms with Crippen molar-refractivity contribution in [3.8, 4) is 0 Å². The van der Waals surface area contributed by atoms with Gasteiger partial charge in [0.25, 0.3) is 0 Å². The molecule has 0 aliphatic carbocycles. The van der Waals surface area contributed by atoms with Crippen molar-refractivity contribution >= 4 is 17.4 Å². The lowest BCUT2D eigenvalue weighted by Gasteiger charge is -2.07. The molecule has 23 heavy (non-hydrogen) atoms. The van der Waals surface area contributed by atoms with Gasteiger partial charge in [-0.25, -0.2) is 4.39 Å². The number of amides is 1. The van der Waals surface area contributed by atoms with Crippen LogP contribution in [0.15, 0.2) is 42.5 Å². The Morgan fingerprint density at radius 3 is 2.39 bits per heavy atom. The van der Waals surface area contributed by atoms with E-state index in [0.717, 1.165) is 17.5 Å². The number of Topliss-reactive ketones (excluding diaryl/α,β-unsaturated/α-hetero) is 1. The monoisotopic (exact) mass is 313 g/mol. The predicted octanol–water partition coefficient (Wildman–Crippen LogP) is 4.30. The van der Waals surface area contributed by atoms with Crippen LogP contribution in [-0.2, 0) is 11.2 Å². The fourth-order valence-electron chi connectivity index (χ4n) is 2.25. The fraction of sp³-hybridized carbons (Fsp3) is 0.263. The van der Waals surface area contributed by atoms with Crippen LogP contribution in [0, 0.1) is 12.7 Å². The zero-order valence-corrected chi connectivity index (χ0v) is 13.4. The Labute approximate surface area is 135 Å². The maximum Gasteiger partial charge on any atom is 0.224 e. The van der Waals surface area contributed by atoms with Gasteiger partial charge in [-0.3, -0.25) is 9.59 Å². The normalized spacial score (nSPS) is 10.4. The molecule has 0 aromatic heterocycles. The third kappa shape index (κ3) is 4.74. The number of carbonyl (C=O) groups excluding carboxylic acids is 2. The summed E-state index contributed by atoms with van der Waals surface area (Å²) in [7, 11) is 0. The predicted molar refractivity (Wildman–Crippen MR) is 89.2 cm³/mol. The van der Waals surface area contributed by atoms with E-state index in [-0.39, 0.29) is 30.2 Å². The van der Waals surface area contributed by atoms with Gasteiger partial charge in [-0.1, -0.05) is 37.3 Å². The number of ketones is 1. The average molecular weight is 313 g/mol. The summed E-state index contributed by atoms with van der Waals surface area (Å²) in [4.78, 5) is 24.0. The molecule has 0 saturated heterocycles. The van der Waals surface area contributed by atoms with Crippen molar-refractivity contribution < 1.29 is 14.0 Å². The molecule has 0 aliphatic heterocycles. The highest BCUT2D eigenvalue weighted by Crippen LogP contribution is 2.16. The highest BCUT2D eigenvalue weighted by Gasteiger charge is 2.11. The molecule has 1 amide bonds. The summed E-state index contributed by atoms with van der Waals surface area (Å²) in [5.41, 5.74) is 2.76. The minimum atomic E-state index is -0.481. The van der Waals surface area contributed by atoms with Gasteiger partial charge in [0.05, 0.1) is 5.69 Å². The molecule has 0 heterocycles. The molecule has 0 atom stereocenters. The summed E-state index contributed by atoms with van der Waals surface area (Å²) in [6.07, 6.45) is 1.05. The van der Waals surface area contributed by atoms with Gasteiger partial charge >= 0.3 is 0 Å². The lowest BCUT2D eigenvalue weighted by atomic mass is 10.0. The third-order valence-corrected chi connectivity index (χ3v) is 3.66. The van der Waals surface area contributed by atoms with Crippen LogP contribution in [0.2, 0.25) is 0 Å². The second kappa shape index (κ2) is 7.68. The van der Waals surface area contributed by atoms with Crippen LogP contribution < -0.4 is 5.32 Å². The first-order valence-corrected chi connectivity index (χ1v) is 7.67. The highest BCUT2D eigenvalue weighted by molar-refractivity contribution is 6.00. The van der Waals surface area contributed by atoms with E-state index in [2.05, 4.69) is 5.32 Å². The van der Waals surface area contributed by atoms with E-state index in [1.54, 1.807) is 24.3 Å². The molecule has 2 aromatic rings. The van der Waals surface area contributed by atoms with Crippen LogP contribution in [0.5, 0.6) is 0 Å². The van der Waals surface area contributed by atoms with E-state index >= 15 is 0 Å². The third-order valence-electron chi connectivity index (χ3n) is 3.66. The van der Waals surface area contributed by atoms with Gasteiger partial charge in [-0.15, -0.1) is 0 Å². The van der Waals surface area contributed by atoms with Gasteiger partial charge in [0, 0.05) is 18.4 Å². The van der Waals surface area contributed by atoms with Gasteiger partial charge in [0.1, 0.15) is 5.82 Å². The second-order valence-electron chi connectivity index (χ2n) is 5.51. The van der Waals surface area contributed by atoms with Gasteiger partial charge in [0.2, 0.25) is 5.91 Å². The highest BCUT2D eigenvalue weighted by atomic mass is 19.1. The average Bonchev–Trinajstić information content (AvgIpc) is 2.56. The summed E-state index contributed by atoms with van der Waals surface area (Å²) in [5.74, 6) is -0.939. The number of benzene rings is 2. The molecular formula is C19H20FNO2. The Kier molecular flexibility index (Phi) is 5.63. The van der Waals surface area contributed by atoms with E-state index in [9.17, 15) is 14.0 Å². The van der Waals surface area contributed by atoms with Crippen LogP contribution in [0.3, 0.4) is 0 Å². The first-order valence-electron chi connectivity index (χ1n) is 7.67. The molecule has 2 aromatic carbocycles. The molecule has 120 valence electrons. The minimum Gasteiger partial charge on any atom is -0.324 e. The van der Waals surface area contributed by atoms with Crippen molar-refractivity contribution in [3.63, 3.8) is 0 Å². The maximum atomic E-state index is 13.6. The molecule has 0 spiro atoms. The fourth-order valence-corrected chi connectivity index (χ4v) is 2.25. The Balaban J connectivity index is 1.90. The lowest BCUT2D eigenvalue weighted by molar-refractivity contribution is -0.116. The van der Waals surface area contributed by atoms with E-state index in [0.29, 0.717) is 5.56 Å². The quantitative estimate of drug-likeness (QED) is 0.808. The second-order valence-corrected chi connectivity index (χ2v) is 5.51. The zero-order valence-electron chi connectivity index (χ0n) is 13.4. The Bertz CT molecular complexity index is 708. The van der Waals surface area contributed by atoms with E-state index in [1.165, 1.54) is 6.07 Å². The van der Waals surface area contributed by atoms with Gasteiger partial charge in [-0.2, -0.15) is 0 Å². The SMILES string of the molecule is CCc1ccc(C(=O)CCC(=O)Nc2cc(C)ccc2F)cc1. The largest absolute Gasteiger partial charge is 0.324 e. The Morgan fingerprint density at radius 1 is 1.04 bits per heavy atom. The van der Waals surface area contributed by atoms with E-state index < -0.39 is 5.82 Å². The summed E-state index contributed by atoms with van der Waals surface area (Å²) >= 11 is 0. The smallest absolute Gasteiger partial charge is 0.224 e.